The van der Waals surface area contributed by atoms with Crippen LogP contribution in [-0.4, -0.2) is 13.2 Å². The van der Waals surface area contributed by atoms with Gasteiger partial charge in [-0.1, -0.05) is 28.1 Å². The molecule has 0 saturated heterocycles. The number of benzene rings is 1. The van der Waals surface area contributed by atoms with Crippen LogP contribution in [0, 0.1) is 0 Å². The second kappa shape index (κ2) is 6.22. The molecule has 1 aromatic rings. The lowest BCUT2D eigenvalue weighted by atomic mass is 10.0. The van der Waals surface area contributed by atoms with E-state index in [0.29, 0.717) is 6.04 Å². The highest BCUT2D eigenvalue weighted by molar-refractivity contribution is 9.10. The van der Waals surface area contributed by atoms with Gasteiger partial charge in [-0.25, -0.2) is 0 Å². The Bertz CT molecular complexity index is 403. The van der Waals surface area contributed by atoms with Crippen LogP contribution in [0.15, 0.2) is 34.8 Å². The lowest BCUT2D eigenvalue weighted by Crippen LogP contribution is -2.29. The number of allylic oxidation sites excluding steroid dienone is 1. The van der Waals surface area contributed by atoms with Gasteiger partial charge in [-0.2, -0.15) is 0 Å². The molecule has 0 radical (unpaired) electrons. The second-order valence-corrected chi connectivity index (χ2v) is 5.23. The molecule has 1 unspecified atom stereocenters. The second-order valence-electron chi connectivity index (χ2n) is 4.32. The molecule has 0 aliphatic heterocycles. The van der Waals surface area contributed by atoms with E-state index in [1.807, 2.05) is 12.1 Å². The Hall–Kier alpha value is -0.800. The maximum Gasteiger partial charge on any atom is 0.123 e. The number of hydrogen-bond acceptors (Lipinski definition) is 2. The number of halogens is 1. The van der Waals surface area contributed by atoms with E-state index in [-0.39, 0.29) is 0 Å². The van der Waals surface area contributed by atoms with Gasteiger partial charge in [0.1, 0.15) is 5.75 Å². The minimum atomic E-state index is 0.601. The quantitative estimate of drug-likeness (QED) is 0.856. The van der Waals surface area contributed by atoms with Crippen LogP contribution in [-0.2, 0) is 6.54 Å². The molecule has 1 atom stereocenters. The minimum Gasteiger partial charge on any atom is -0.496 e. The number of nitrogens with one attached hydrogen (secondary N) is 1. The van der Waals surface area contributed by atoms with Crippen LogP contribution in [0.2, 0.25) is 0 Å². The van der Waals surface area contributed by atoms with Crippen molar-refractivity contribution < 1.29 is 4.74 Å². The number of rotatable bonds is 4. The van der Waals surface area contributed by atoms with E-state index >= 15 is 0 Å². The highest BCUT2D eigenvalue weighted by Crippen LogP contribution is 2.23. The highest BCUT2D eigenvalue weighted by atomic mass is 79.9. The van der Waals surface area contributed by atoms with Crippen molar-refractivity contribution in [2.75, 3.05) is 7.11 Å². The third kappa shape index (κ3) is 3.58. The predicted octanol–water partition coefficient (Wildman–Crippen LogP) is 3.66. The predicted molar refractivity (Wildman–Crippen MR) is 74.3 cm³/mol. The van der Waals surface area contributed by atoms with Crippen LogP contribution in [0.5, 0.6) is 5.75 Å². The van der Waals surface area contributed by atoms with Crippen LogP contribution in [0.3, 0.4) is 0 Å². The summed E-state index contributed by atoms with van der Waals surface area (Å²) in [5.74, 6) is 0.951. The number of ether oxygens (including phenoxy) is 1. The first-order valence-corrected chi connectivity index (χ1v) is 6.79. The average Bonchev–Trinajstić information content (AvgIpc) is 2.38. The summed E-state index contributed by atoms with van der Waals surface area (Å²) in [4.78, 5) is 0. The molecule has 0 fully saturated rings. The SMILES string of the molecule is COc1ccc(Br)cc1CNC1CC=CCC1. The fraction of sp³-hybridized carbons (Fsp3) is 0.429. The van der Waals surface area contributed by atoms with Crippen molar-refractivity contribution in [3.63, 3.8) is 0 Å². The Kier molecular flexibility index (Phi) is 4.63. The van der Waals surface area contributed by atoms with Crippen molar-refractivity contribution in [2.24, 2.45) is 0 Å². The molecule has 1 aliphatic carbocycles. The Labute approximate surface area is 111 Å². The van der Waals surface area contributed by atoms with Crippen LogP contribution in [0.25, 0.3) is 0 Å². The monoisotopic (exact) mass is 295 g/mol. The Morgan fingerprint density at radius 3 is 3.00 bits per heavy atom. The Morgan fingerprint density at radius 1 is 1.41 bits per heavy atom. The van der Waals surface area contributed by atoms with Crippen LogP contribution in [0.1, 0.15) is 24.8 Å². The molecule has 1 N–H and O–H groups in total. The standard InChI is InChI=1S/C14H18BrNO/c1-17-14-8-7-12(15)9-11(14)10-16-13-5-3-2-4-6-13/h2-3,7-9,13,16H,4-6,10H2,1H3. The van der Waals surface area contributed by atoms with E-state index in [9.17, 15) is 0 Å². The fourth-order valence-corrected chi connectivity index (χ4v) is 2.53. The fourth-order valence-electron chi connectivity index (χ4n) is 2.12. The topological polar surface area (TPSA) is 21.3 Å². The number of hydrogen-bond donors (Lipinski definition) is 1. The maximum absolute atomic E-state index is 5.37. The van der Waals surface area contributed by atoms with Crippen molar-refractivity contribution >= 4 is 15.9 Å². The van der Waals surface area contributed by atoms with Gasteiger partial charge in [0.05, 0.1) is 7.11 Å². The zero-order valence-electron chi connectivity index (χ0n) is 10.1. The molecule has 17 heavy (non-hydrogen) atoms. The summed E-state index contributed by atoms with van der Waals surface area (Å²) in [6.45, 7) is 0.862. The van der Waals surface area contributed by atoms with Gasteiger partial charge in [-0.05, 0) is 37.5 Å². The van der Waals surface area contributed by atoms with Crippen LogP contribution < -0.4 is 10.1 Å². The first kappa shape index (κ1) is 12.7. The average molecular weight is 296 g/mol. The molecule has 0 bridgehead atoms. The van der Waals surface area contributed by atoms with Crippen molar-refractivity contribution in [1.29, 1.82) is 0 Å². The van der Waals surface area contributed by atoms with Crippen molar-refractivity contribution in [1.82, 2.24) is 5.32 Å². The largest absolute Gasteiger partial charge is 0.496 e. The summed E-state index contributed by atoms with van der Waals surface area (Å²) >= 11 is 3.50. The summed E-state index contributed by atoms with van der Waals surface area (Å²) in [6.07, 6.45) is 8.08. The smallest absolute Gasteiger partial charge is 0.123 e. The van der Waals surface area contributed by atoms with E-state index in [1.54, 1.807) is 7.11 Å². The van der Waals surface area contributed by atoms with E-state index in [1.165, 1.54) is 18.4 Å². The molecule has 92 valence electrons. The summed E-state index contributed by atoms with van der Waals surface area (Å²) < 4.78 is 6.46. The third-order valence-electron chi connectivity index (χ3n) is 3.09. The van der Waals surface area contributed by atoms with Gasteiger partial charge >= 0.3 is 0 Å². The summed E-state index contributed by atoms with van der Waals surface area (Å²) in [6, 6.07) is 6.72. The molecule has 2 rings (SSSR count). The zero-order chi connectivity index (χ0) is 12.1. The summed E-state index contributed by atoms with van der Waals surface area (Å²) in [7, 11) is 1.72. The Morgan fingerprint density at radius 2 is 2.29 bits per heavy atom. The van der Waals surface area contributed by atoms with Crippen molar-refractivity contribution in [3.8, 4) is 5.75 Å². The maximum atomic E-state index is 5.37. The lowest BCUT2D eigenvalue weighted by molar-refractivity contribution is 0.402. The zero-order valence-corrected chi connectivity index (χ0v) is 11.7. The minimum absolute atomic E-state index is 0.601. The lowest BCUT2D eigenvalue weighted by Gasteiger charge is -2.20. The molecule has 0 aromatic heterocycles. The van der Waals surface area contributed by atoms with Crippen molar-refractivity contribution in [2.45, 2.75) is 31.8 Å². The molecule has 3 heteroatoms. The van der Waals surface area contributed by atoms with Crippen molar-refractivity contribution in [3.05, 3.63) is 40.4 Å². The summed E-state index contributed by atoms with van der Waals surface area (Å²) in [5, 5.41) is 3.59. The Balaban J connectivity index is 1.97. The molecule has 1 aromatic carbocycles. The van der Waals surface area contributed by atoms with Gasteiger partial charge in [0.15, 0.2) is 0 Å². The van der Waals surface area contributed by atoms with Gasteiger partial charge in [-0.15, -0.1) is 0 Å². The van der Waals surface area contributed by atoms with E-state index < -0.39 is 0 Å². The summed E-state index contributed by atoms with van der Waals surface area (Å²) in [5.41, 5.74) is 1.21. The van der Waals surface area contributed by atoms with Gasteiger partial charge < -0.3 is 10.1 Å². The van der Waals surface area contributed by atoms with E-state index in [2.05, 4.69) is 39.5 Å². The third-order valence-corrected chi connectivity index (χ3v) is 3.59. The highest BCUT2D eigenvalue weighted by Gasteiger charge is 2.10. The first-order chi connectivity index (χ1) is 8.29. The number of methoxy groups -OCH3 is 1. The molecule has 0 heterocycles. The molecule has 0 spiro atoms. The molecular formula is C14H18BrNO. The van der Waals surface area contributed by atoms with Gasteiger partial charge in [0.25, 0.3) is 0 Å². The van der Waals surface area contributed by atoms with Crippen LogP contribution >= 0.6 is 15.9 Å². The first-order valence-electron chi connectivity index (χ1n) is 6.00. The molecule has 2 nitrogen and oxygen atoms in total. The molecular weight excluding hydrogens is 278 g/mol. The molecule has 0 amide bonds. The van der Waals surface area contributed by atoms with E-state index in [0.717, 1.165) is 23.2 Å². The van der Waals surface area contributed by atoms with E-state index in [4.69, 9.17) is 4.74 Å². The molecule has 1 aliphatic rings. The van der Waals surface area contributed by atoms with Gasteiger partial charge in [0, 0.05) is 22.6 Å². The normalized spacial score (nSPS) is 19.3. The van der Waals surface area contributed by atoms with Gasteiger partial charge in [0.2, 0.25) is 0 Å². The van der Waals surface area contributed by atoms with Crippen LogP contribution in [0.4, 0.5) is 0 Å². The molecule has 0 saturated carbocycles. The van der Waals surface area contributed by atoms with Gasteiger partial charge in [-0.3, -0.25) is 0 Å².